The molecule has 0 heterocycles. The van der Waals surface area contributed by atoms with Gasteiger partial charge in [-0.05, 0) is 31.0 Å². The van der Waals surface area contributed by atoms with Gasteiger partial charge in [0.2, 0.25) is 5.91 Å². The molecule has 20 heavy (non-hydrogen) atoms. The SMILES string of the molecule is CCCC(C#N)(CCC)C(=O)Nc1ccc(Cl)c(Cl)c1. The average Bonchev–Trinajstić information content (AvgIpc) is 2.42. The Morgan fingerprint density at radius 3 is 2.30 bits per heavy atom. The van der Waals surface area contributed by atoms with Crippen LogP contribution in [0.4, 0.5) is 5.69 Å². The summed E-state index contributed by atoms with van der Waals surface area (Å²) in [6, 6.07) is 7.07. The Balaban J connectivity index is 2.96. The third-order valence-corrected chi connectivity index (χ3v) is 3.92. The van der Waals surface area contributed by atoms with Gasteiger partial charge in [-0.25, -0.2) is 0 Å². The van der Waals surface area contributed by atoms with Gasteiger partial charge in [0.15, 0.2) is 0 Å². The quantitative estimate of drug-likeness (QED) is 0.799. The van der Waals surface area contributed by atoms with Gasteiger partial charge in [0.05, 0.1) is 16.1 Å². The summed E-state index contributed by atoms with van der Waals surface area (Å²) in [7, 11) is 0. The van der Waals surface area contributed by atoms with Gasteiger partial charge < -0.3 is 5.32 Å². The fraction of sp³-hybridized carbons (Fsp3) is 0.467. The molecular formula is C15H18Cl2N2O. The predicted molar refractivity (Wildman–Crippen MR) is 83.0 cm³/mol. The Hall–Kier alpha value is -1.24. The molecule has 0 saturated heterocycles. The van der Waals surface area contributed by atoms with Crippen LogP contribution in [0.5, 0.6) is 0 Å². The highest BCUT2D eigenvalue weighted by molar-refractivity contribution is 6.42. The van der Waals surface area contributed by atoms with Crippen molar-refractivity contribution in [2.45, 2.75) is 39.5 Å². The zero-order valence-corrected chi connectivity index (χ0v) is 13.2. The molecule has 3 nitrogen and oxygen atoms in total. The van der Waals surface area contributed by atoms with E-state index in [0.29, 0.717) is 28.6 Å². The van der Waals surface area contributed by atoms with Crippen molar-refractivity contribution < 1.29 is 4.79 Å². The molecule has 0 unspecified atom stereocenters. The lowest BCUT2D eigenvalue weighted by Crippen LogP contribution is -2.35. The van der Waals surface area contributed by atoms with E-state index in [0.717, 1.165) is 12.8 Å². The first-order valence-corrected chi connectivity index (χ1v) is 7.42. The summed E-state index contributed by atoms with van der Waals surface area (Å²) in [5.41, 5.74) is -0.425. The van der Waals surface area contributed by atoms with Gasteiger partial charge in [-0.3, -0.25) is 4.79 Å². The number of anilines is 1. The van der Waals surface area contributed by atoms with Crippen molar-refractivity contribution >= 4 is 34.8 Å². The van der Waals surface area contributed by atoms with Crippen LogP contribution in [-0.4, -0.2) is 5.91 Å². The number of nitrogens with zero attached hydrogens (tertiary/aromatic N) is 1. The van der Waals surface area contributed by atoms with Gasteiger partial charge in [0.25, 0.3) is 0 Å². The molecular weight excluding hydrogens is 295 g/mol. The minimum Gasteiger partial charge on any atom is -0.325 e. The van der Waals surface area contributed by atoms with E-state index in [1.54, 1.807) is 18.2 Å². The molecule has 1 N–H and O–H groups in total. The van der Waals surface area contributed by atoms with E-state index < -0.39 is 5.41 Å². The highest BCUT2D eigenvalue weighted by Crippen LogP contribution is 2.32. The first-order valence-electron chi connectivity index (χ1n) is 6.67. The van der Waals surface area contributed by atoms with Gasteiger partial charge in [-0.2, -0.15) is 5.26 Å². The van der Waals surface area contributed by atoms with Crippen molar-refractivity contribution in [3.05, 3.63) is 28.2 Å². The molecule has 0 bridgehead atoms. The van der Waals surface area contributed by atoms with Crippen LogP contribution in [-0.2, 0) is 4.79 Å². The molecule has 1 aromatic carbocycles. The number of nitrogens with one attached hydrogen (secondary N) is 1. The van der Waals surface area contributed by atoms with Crippen molar-refractivity contribution in [1.29, 1.82) is 5.26 Å². The normalized spacial score (nSPS) is 10.9. The molecule has 0 saturated carbocycles. The van der Waals surface area contributed by atoms with E-state index in [-0.39, 0.29) is 5.91 Å². The summed E-state index contributed by atoms with van der Waals surface area (Å²) < 4.78 is 0. The largest absolute Gasteiger partial charge is 0.325 e. The Morgan fingerprint density at radius 1 is 1.25 bits per heavy atom. The number of benzene rings is 1. The van der Waals surface area contributed by atoms with Crippen molar-refractivity contribution in [3.8, 4) is 6.07 Å². The minimum absolute atomic E-state index is 0.276. The Bertz CT molecular complexity index is 517. The molecule has 0 fully saturated rings. The number of carbonyl (C=O) groups is 1. The van der Waals surface area contributed by atoms with E-state index in [9.17, 15) is 10.1 Å². The molecule has 0 aliphatic heterocycles. The van der Waals surface area contributed by atoms with Gasteiger partial charge >= 0.3 is 0 Å². The molecule has 0 aliphatic carbocycles. The molecule has 1 rings (SSSR count). The lowest BCUT2D eigenvalue weighted by molar-refractivity contribution is -0.123. The van der Waals surface area contributed by atoms with Crippen LogP contribution in [0.25, 0.3) is 0 Å². The van der Waals surface area contributed by atoms with Crippen LogP contribution in [0.15, 0.2) is 18.2 Å². The van der Waals surface area contributed by atoms with Crippen LogP contribution in [0.2, 0.25) is 10.0 Å². The van der Waals surface area contributed by atoms with E-state index in [1.165, 1.54) is 0 Å². The molecule has 108 valence electrons. The number of amides is 1. The number of halogens is 2. The van der Waals surface area contributed by atoms with E-state index in [1.807, 2.05) is 13.8 Å². The van der Waals surface area contributed by atoms with Crippen molar-refractivity contribution in [2.75, 3.05) is 5.32 Å². The summed E-state index contributed by atoms with van der Waals surface area (Å²) in [5, 5.41) is 13.0. The predicted octanol–water partition coefficient (Wildman–Crippen LogP) is 5.04. The second kappa shape index (κ2) is 7.52. The fourth-order valence-electron chi connectivity index (χ4n) is 2.19. The van der Waals surface area contributed by atoms with E-state index in [4.69, 9.17) is 23.2 Å². The number of rotatable bonds is 6. The average molecular weight is 313 g/mol. The molecule has 0 radical (unpaired) electrons. The minimum atomic E-state index is -0.977. The van der Waals surface area contributed by atoms with Gasteiger partial charge in [0.1, 0.15) is 5.41 Å². The molecule has 1 aromatic rings. The highest BCUT2D eigenvalue weighted by Gasteiger charge is 2.36. The van der Waals surface area contributed by atoms with Crippen LogP contribution >= 0.6 is 23.2 Å². The topological polar surface area (TPSA) is 52.9 Å². The lowest BCUT2D eigenvalue weighted by Gasteiger charge is -2.24. The maximum atomic E-state index is 12.4. The zero-order chi connectivity index (χ0) is 15.2. The number of hydrogen-bond donors (Lipinski definition) is 1. The standard InChI is InChI=1S/C15H18Cl2N2O/c1-3-7-15(10-18,8-4-2)14(20)19-11-5-6-12(16)13(17)9-11/h5-6,9H,3-4,7-8H2,1-2H3,(H,19,20). The second-order valence-corrected chi connectivity index (χ2v) is 5.59. The Labute approximate surface area is 129 Å². The number of carbonyl (C=O) groups excluding carboxylic acids is 1. The third kappa shape index (κ3) is 3.88. The van der Waals surface area contributed by atoms with E-state index in [2.05, 4.69) is 11.4 Å². The van der Waals surface area contributed by atoms with Crippen LogP contribution < -0.4 is 5.32 Å². The molecule has 0 aliphatic rings. The maximum Gasteiger partial charge on any atom is 0.244 e. The van der Waals surface area contributed by atoms with Crippen LogP contribution in [0.1, 0.15) is 39.5 Å². The Kier molecular flexibility index (Phi) is 6.32. The molecule has 1 amide bonds. The van der Waals surface area contributed by atoms with Gasteiger partial charge in [0, 0.05) is 5.69 Å². The monoisotopic (exact) mass is 312 g/mol. The zero-order valence-electron chi connectivity index (χ0n) is 11.7. The maximum absolute atomic E-state index is 12.4. The first kappa shape index (κ1) is 16.8. The van der Waals surface area contributed by atoms with Crippen molar-refractivity contribution in [3.63, 3.8) is 0 Å². The molecule has 0 atom stereocenters. The summed E-state index contributed by atoms with van der Waals surface area (Å²) in [6.07, 6.45) is 2.65. The van der Waals surface area contributed by atoms with Crippen molar-refractivity contribution in [1.82, 2.24) is 0 Å². The smallest absolute Gasteiger partial charge is 0.244 e. The highest BCUT2D eigenvalue weighted by atomic mass is 35.5. The van der Waals surface area contributed by atoms with Crippen LogP contribution in [0, 0.1) is 16.7 Å². The first-order chi connectivity index (χ1) is 9.49. The van der Waals surface area contributed by atoms with Crippen molar-refractivity contribution in [2.24, 2.45) is 5.41 Å². The molecule has 0 spiro atoms. The third-order valence-electron chi connectivity index (χ3n) is 3.18. The fourth-order valence-corrected chi connectivity index (χ4v) is 2.49. The molecule has 5 heteroatoms. The number of nitriles is 1. The summed E-state index contributed by atoms with van der Waals surface area (Å²) in [5.74, 6) is -0.276. The summed E-state index contributed by atoms with van der Waals surface area (Å²) in [6.45, 7) is 3.93. The summed E-state index contributed by atoms with van der Waals surface area (Å²) >= 11 is 11.8. The van der Waals surface area contributed by atoms with Gasteiger partial charge in [-0.15, -0.1) is 0 Å². The summed E-state index contributed by atoms with van der Waals surface area (Å²) in [4.78, 5) is 12.4. The lowest BCUT2D eigenvalue weighted by atomic mass is 9.79. The van der Waals surface area contributed by atoms with E-state index >= 15 is 0 Å². The second-order valence-electron chi connectivity index (χ2n) is 4.78. The number of hydrogen-bond acceptors (Lipinski definition) is 2. The molecule has 0 aromatic heterocycles. The Morgan fingerprint density at radius 2 is 1.85 bits per heavy atom. The van der Waals surface area contributed by atoms with Crippen LogP contribution in [0.3, 0.4) is 0 Å². The van der Waals surface area contributed by atoms with Gasteiger partial charge in [-0.1, -0.05) is 49.9 Å².